The zero-order chi connectivity index (χ0) is 11.6. The molecule has 0 aromatic carbocycles. The summed E-state index contributed by atoms with van der Waals surface area (Å²) in [5.74, 6) is 0.700. The lowest BCUT2D eigenvalue weighted by atomic mass is 9.84. The molecule has 16 heavy (non-hydrogen) atoms. The highest BCUT2D eigenvalue weighted by Gasteiger charge is 2.33. The average molecular weight is 226 g/mol. The molecule has 2 rings (SSSR count). The van der Waals surface area contributed by atoms with Crippen LogP contribution in [-0.2, 0) is 4.74 Å². The minimum atomic E-state index is 0.190. The lowest BCUT2D eigenvalue weighted by Crippen LogP contribution is -2.56. The van der Waals surface area contributed by atoms with Gasteiger partial charge in [-0.1, -0.05) is 12.8 Å². The van der Waals surface area contributed by atoms with E-state index >= 15 is 0 Å². The Morgan fingerprint density at radius 2 is 2.06 bits per heavy atom. The van der Waals surface area contributed by atoms with E-state index in [9.17, 15) is 0 Å². The van der Waals surface area contributed by atoms with Crippen molar-refractivity contribution < 1.29 is 4.74 Å². The fourth-order valence-electron chi connectivity index (χ4n) is 2.98. The molecule has 0 amide bonds. The third-order valence-corrected chi connectivity index (χ3v) is 4.24. The molecule has 1 saturated carbocycles. The van der Waals surface area contributed by atoms with Crippen molar-refractivity contribution in [2.24, 2.45) is 11.7 Å². The van der Waals surface area contributed by atoms with Crippen LogP contribution < -0.4 is 5.73 Å². The normalized spacial score (nSPS) is 36.2. The summed E-state index contributed by atoms with van der Waals surface area (Å²) in [4.78, 5) is 2.58. The van der Waals surface area contributed by atoms with Gasteiger partial charge in [-0.15, -0.1) is 0 Å². The molecule has 2 aliphatic rings. The van der Waals surface area contributed by atoms with E-state index in [0.29, 0.717) is 12.0 Å². The van der Waals surface area contributed by atoms with Crippen molar-refractivity contribution in [3.05, 3.63) is 0 Å². The summed E-state index contributed by atoms with van der Waals surface area (Å²) >= 11 is 0. The van der Waals surface area contributed by atoms with Crippen molar-refractivity contribution in [1.82, 2.24) is 4.90 Å². The number of nitrogens with two attached hydrogens (primary N) is 1. The third kappa shape index (κ3) is 2.76. The molecule has 0 radical (unpaired) electrons. The zero-order valence-electron chi connectivity index (χ0n) is 10.7. The van der Waals surface area contributed by atoms with Gasteiger partial charge in [0.15, 0.2) is 0 Å². The lowest BCUT2D eigenvalue weighted by molar-refractivity contribution is -0.0601. The van der Waals surface area contributed by atoms with Gasteiger partial charge in [0, 0.05) is 24.7 Å². The van der Waals surface area contributed by atoms with Crippen LogP contribution >= 0.6 is 0 Å². The van der Waals surface area contributed by atoms with Crippen molar-refractivity contribution in [3.8, 4) is 0 Å². The van der Waals surface area contributed by atoms with Crippen LogP contribution in [0.5, 0.6) is 0 Å². The Labute approximate surface area is 99.3 Å². The van der Waals surface area contributed by atoms with Gasteiger partial charge in [-0.25, -0.2) is 0 Å². The minimum Gasteiger partial charge on any atom is -0.378 e. The number of morpholine rings is 1. The van der Waals surface area contributed by atoms with E-state index in [1.54, 1.807) is 0 Å². The Hall–Kier alpha value is -0.120. The molecule has 2 N–H and O–H groups in total. The van der Waals surface area contributed by atoms with Gasteiger partial charge in [0.25, 0.3) is 0 Å². The topological polar surface area (TPSA) is 38.5 Å². The van der Waals surface area contributed by atoms with Crippen molar-refractivity contribution in [2.45, 2.75) is 51.1 Å². The molecule has 2 unspecified atom stereocenters. The van der Waals surface area contributed by atoms with E-state index in [-0.39, 0.29) is 5.54 Å². The molecule has 1 saturated heterocycles. The quantitative estimate of drug-likeness (QED) is 0.777. The number of ether oxygens (including phenoxy) is 1. The summed E-state index contributed by atoms with van der Waals surface area (Å²) in [5, 5.41) is 0. The molecule has 1 aliphatic heterocycles. The van der Waals surface area contributed by atoms with Gasteiger partial charge in [0.05, 0.1) is 13.2 Å². The van der Waals surface area contributed by atoms with Gasteiger partial charge in [-0.2, -0.15) is 0 Å². The van der Waals surface area contributed by atoms with Crippen molar-refractivity contribution in [2.75, 3.05) is 26.3 Å². The molecule has 3 nitrogen and oxygen atoms in total. The molecule has 0 bridgehead atoms. The highest BCUT2D eigenvalue weighted by molar-refractivity contribution is 4.88. The SMILES string of the molecule is CC1(C)COCCN1CC1CCCCC1N. The predicted molar refractivity (Wildman–Crippen MR) is 66.4 cm³/mol. The van der Waals surface area contributed by atoms with Crippen molar-refractivity contribution >= 4 is 0 Å². The first kappa shape index (κ1) is 12.3. The van der Waals surface area contributed by atoms with Crippen LogP contribution in [0.15, 0.2) is 0 Å². The molecule has 0 aromatic rings. The van der Waals surface area contributed by atoms with E-state index in [2.05, 4.69) is 18.7 Å². The monoisotopic (exact) mass is 226 g/mol. The van der Waals surface area contributed by atoms with E-state index in [1.165, 1.54) is 25.7 Å². The molecular weight excluding hydrogens is 200 g/mol. The van der Waals surface area contributed by atoms with E-state index in [4.69, 9.17) is 10.5 Å². The van der Waals surface area contributed by atoms with Crippen molar-refractivity contribution in [3.63, 3.8) is 0 Å². The number of hydrogen-bond acceptors (Lipinski definition) is 3. The van der Waals surface area contributed by atoms with Gasteiger partial charge >= 0.3 is 0 Å². The standard InChI is InChI=1S/C13H26N2O/c1-13(2)10-16-8-7-15(13)9-11-5-3-4-6-12(11)14/h11-12H,3-10,14H2,1-2H3. The summed E-state index contributed by atoms with van der Waals surface area (Å²) in [6.07, 6.45) is 5.22. The fraction of sp³-hybridized carbons (Fsp3) is 1.00. The second-order valence-corrected chi connectivity index (χ2v) is 6.02. The Balaban J connectivity index is 1.91. The Kier molecular flexibility index (Phi) is 3.88. The van der Waals surface area contributed by atoms with Gasteiger partial charge in [-0.05, 0) is 32.6 Å². The molecule has 1 aliphatic carbocycles. The Morgan fingerprint density at radius 3 is 2.75 bits per heavy atom. The highest BCUT2D eigenvalue weighted by Crippen LogP contribution is 2.27. The molecule has 2 atom stereocenters. The summed E-state index contributed by atoms with van der Waals surface area (Å²) in [5.41, 5.74) is 6.42. The van der Waals surface area contributed by atoms with Gasteiger partial charge in [0.1, 0.15) is 0 Å². The molecule has 2 fully saturated rings. The average Bonchev–Trinajstić information content (AvgIpc) is 2.24. The van der Waals surface area contributed by atoms with E-state index in [0.717, 1.165) is 26.3 Å². The maximum absolute atomic E-state index is 6.23. The van der Waals surface area contributed by atoms with Gasteiger partial charge in [0.2, 0.25) is 0 Å². The van der Waals surface area contributed by atoms with Crippen LogP contribution in [0.3, 0.4) is 0 Å². The molecule has 94 valence electrons. The summed E-state index contributed by atoms with van der Waals surface area (Å²) in [7, 11) is 0. The van der Waals surface area contributed by atoms with Crippen molar-refractivity contribution in [1.29, 1.82) is 0 Å². The maximum Gasteiger partial charge on any atom is 0.0645 e. The van der Waals surface area contributed by atoms with E-state index < -0.39 is 0 Å². The molecular formula is C13H26N2O. The molecule has 1 heterocycles. The number of rotatable bonds is 2. The van der Waals surface area contributed by atoms with Crippen LogP contribution in [-0.4, -0.2) is 42.8 Å². The number of hydrogen-bond donors (Lipinski definition) is 1. The lowest BCUT2D eigenvalue weighted by Gasteiger charge is -2.45. The molecule has 0 spiro atoms. The Morgan fingerprint density at radius 1 is 1.31 bits per heavy atom. The van der Waals surface area contributed by atoms with Crippen LogP contribution in [0.2, 0.25) is 0 Å². The zero-order valence-corrected chi connectivity index (χ0v) is 10.7. The molecule has 0 aromatic heterocycles. The van der Waals surface area contributed by atoms with Crippen LogP contribution in [0.25, 0.3) is 0 Å². The first-order chi connectivity index (χ1) is 7.59. The minimum absolute atomic E-state index is 0.190. The van der Waals surface area contributed by atoms with Gasteiger partial charge < -0.3 is 10.5 Å². The fourth-order valence-corrected chi connectivity index (χ4v) is 2.98. The van der Waals surface area contributed by atoms with E-state index in [1.807, 2.05) is 0 Å². The maximum atomic E-state index is 6.23. The van der Waals surface area contributed by atoms with Crippen LogP contribution in [0, 0.1) is 5.92 Å². The predicted octanol–water partition coefficient (Wildman–Crippen LogP) is 1.61. The first-order valence-corrected chi connectivity index (χ1v) is 6.68. The number of nitrogens with zero attached hydrogens (tertiary/aromatic N) is 1. The second-order valence-electron chi connectivity index (χ2n) is 6.02. The Bertz CT molecular complexity index is 230. The first-order valence-electron chi connectivity index (χ1n) is 6.68. The summed E-state index contributed by atoms with van der Waals surface area (Å²) in [6.45, 7) is 8.52. The third-order valence-electron chi connectivity index (χ3n) is 4.24. The largest absolute Gasteiger partial charge is 0.378 e. The summed E-state index contributed by atoms with van der Waals surface area (Å²) < 4.78 is 5.56. The smallest absolute Gasteiger partial charge is 0.0645 e. The van der Waals surface area contributed by atoms with Gasteiger partial charge in [-0.3, -0.25) is 4.90 Å². The highest BCUT2D eigenvalue weighted by atomic mass is 16.5. The molecule has 3 heteroatoms. The second kappa shape index (κ2) is 5.03. The van der Waals surface area contributed by atoms with Crippen LogP contribution in [0.4, 0.5) is 0 Å². The summed E-state index contributed by atoms with van der Waals surface area (Å²) in [6, 6.07) is 0.424. The van der Waals surface area contributed by atoms with Crippen LogP contribution in [0.1, 0.15) is 39.5 Å².